The van der Waals surface area contributed by atoms with E-state index < -0.39 is 0 Å². The first-order valence-corrected chi connectivity index (χ1v) is 3.72. The molecule has 0 saturated carbocycles. The fourth-order valence-electron chi connectivity index (χ4n) is 0.781. The Bertz CT molecular complexity index is 397. The van der Waals surface area contributed by atoms with Crippen LogP contribution in [-0.2, 0) is 0 Å². The molecule has 7 heteroatoms. The van der Waals surface area contributed by atoms with Crippen LogP contribution in [-0.4, -0.2) is 9.97 Å². The van der Waals surface area contributed by atoms with E-state index in [1.807, 2.05) is 0 Å². The molecule has 0 radical (unpaired) electrons. The molecular formula is C6H5ClN4O2. The Morgan fingerprint density at radius 2 is 2.38 bits per heavy atom. The summed E-state index contributed by atoms with van der Waals surface area (Å²) < 4.78 is 9.66. The smallest absolute Gasteiger partial charge is 0.300 e. The lowest BCUT2D eigenvalue weighted by Crippen LogP contribution is -1.91. The Labute approximate surface area is 77.7 Å². The minimum Gasteiger partial charge on any atom is -0.432 e. The number of rotatable bonds is 2. The average Bonchev–Trinajstić information content (AvgIpc) is 2.63. The van der Waals surface area contributed by atoms with Crippen LogP contribution in [0.2, 0.25) is 5.22 Å². The molecule has 2 heterocycles. The molecule has 0 aliphatic rings. The number of hydrogen-bond acceptors (Lipinski definition) is 6. The molecule has 0 bridgehead atoms. The van der Waals surface area contributed by atoms with Crippen LogP contribution < -0.4 is 11.1 Å². The SMILES string of the molecule is Nc1nc(Nc2ncco2)c(Cl)o1. The zero-order valence-electron chi connectivity index (χ0n) is 6.32. The Morgan fingerprint density at radius 1 is 1.54 bits per heavy atom. The quantitative estimate of drug-likeness (QED) is 0.766. The van der Waals surface area contributed by atoms with Crippen LogP contribution in [0, 0.1) is 0 Å². The number of nitrogen functional groups attached to an aromatic ring is 1. The van der Waals surface area contributed by atoms with Gasteiger partial charge in [0.15, 0.2) is 5.82 Å². The minimum absolute atomic E-state index is 0.0148. The van der Waals surface area contributed by atoms with E-state index in [-0.39, 0.29) is 23.1 Å². The summed E-state index contributed by atoms with van der Waals surface area (Å²) in [6.45, 7) is 0. The standard InChI is InChI=1S/C6H5ClN4O2/c7-3-4(10-5(8)13-3)11-6-9-1-2-12-6/h1-2H,(H2,8,10)(H,9,11). The fraction of sp³-hybridized carbons (Fsp3) is 0. The van der Waals surface area contributed by atoms with E-state index in [0.717, 1.165) is 0 Å². The third kappa shape index (κ3) is 1.57. The van der Waals surface area contributed by atoms with E-state index >= 15 is 0 Å². The average molecular weight is 201 g/mol. The number of nitrogens with two attached hydrogens (primary N) is 1. The van der Waals surface area contributed by atoms with Crippen molar-refractivity contribution >= 4 is 29.4 Å². The summed E-state index contributed by atoms with van der Waals surface area (Å²) in [6, 6.07) is 0.259. The number of halogens is 1. The minimum atomic E-state index is -0.0148. The normalized spacial score (nSPS) is 10.2. The highest BCUT2D eigenvalue weighted by Gasteiger charge is 2.10. The van der Waals surface area contributed by atoms with E-state index in [0.29, 0.717) is 0 Å². The maximum Gasteiger partial charge on any atom is 0.300 e. The molecule has 2 aromatic heterocycles. The van der Waals surface area contributed by atoms with Gasteiger partial charge in [-0.15, -0.1) is 0 Å². The van der Waals surface area contributed by atoms with Crippen molar-refractivity contribution in [3.8, 4) is 0 Å². The summed E-state index contributed by atoms with van der Waals surface area (Å²) in [6.07, 6.45) is 2.90. The molecule has 0 amide bonds. The van der Waals surface area contributed by atoms with Gasteiger partial charge >= 0.3 is 0 Å². The van der Waals surface area contributed by atoms with Crippen LogP contribution in [0.5, 0.6) is 0 Å². The van der Waals surface area contributed by atoms with Crippen molar-refractivity contribution in [2.24, 2.45) is 0 Å². The maximum atomic E-state index is 5.62. The second-order valence-electron chi connectivity index (χ2n) is 2.14. The summed E-state index contributed by atoms with van der Waals surface area (Å²) in [4.78, 5) is 7.56. The lowest BCUT2D eigenvalue weighted by molar-refractivity contribution is 0.574. The largest absolute Gasteiger partial charge is 0.432 e. The first-order chi connectivity index (χ1) is 6.25. The van der Waals surface area contributed by atoms with Crippen molar-refractivity contribution < 1.29 is 8.83 Å². The number of aromatic nitrogens is 2. The van der Waals surface area contributed by atoms with Gasteiger partial charge in [-0.05, 0) is 11.6 Å². The maximum absolute atomic E-state index is 5.62. The van der Waals surface area contributed by atoms with Crippen LogP contribution in [0.4, 0.5) is 17.8 Å². The van der Waals surface area contributed by atoms with Crippen molar-refractivity contribution in [2.45, 2.75) is 0 Å². The van der Waals surface area contributed by atoms with E-state index in [2.05, 4.69) is 15.3 Å². The highest BCUT2D eigenvalue weighted by molar-refractivity contribution is 6.31. The van der Waals surface area contributed by atoms with Crippen LogP contribution >= 0.6 is 11.6 Å². The number of nitrogens with zero attached hydrogens (tertiary/aromatic N) is 2. The highest BCUT2D eigenvalue weighted by Crippen LogP contribution is 2.25. The molecule has 0 saturated heterocycles. The zero-order chi connectivity index (χ0) is 9.26. The lowest BCUT2D eigenvalue weighted by Gasteiger charge is -1.93. The van der Waals surface area contributed by atoms with Gasteiger partial charge < -0.3 is 14.6 Å². The van der Waals surface area contributed by atoms with E-state index in [1.165, 1.54) is 12.5 Å². The summed E-state index contributed by atoms with van der Waals surface area (Å²) in [5, 5.41) is 2.74. The third-order valence-corrected chi connectivity index (χ3v) is 1.52. The number of hydrogen-bond donors (Lipinski definition) is 2. The molecule has 2 rings (SSSR count). The van der Waals surface area contributed by atoms with Crippen LogP contribution in [0.1, 0.15) is 0 Å². The Hall–Kier alpha value is -1.69. The van der Waals surface area contributed by atoms with Gasteiger partial charge in [0.1, 0.15) is 6.26 Å². The van der Waals surface area contributed by atoms with Gasteiger partial charge in [0.25, 0.3) is 12.0 Å². The number of anilines is 3. The molecule has 0 unspecified atom stereocenters. The van der Waals surface area contributed by atoms with Crippen LogP contribution in [0.25, 0.3) is 0 Å². The summed E-state index contributed by atoms with van der Waals surface area (Å²) >= 11 is 5.62. The molecule has 0 aromatic carbocycles. The van der Waals surface area contributed by atoms with Gasteiger partial charge in [0.05, 0.1) is 6.20 Å². The van der Waals surface area contributed by atoms with Crippen molar-refractivity contribution in [1.82, 2.24) is 9.97 Å². The van der Waals surface area contributed by atoms with E-state index in [4.69, 9.17) is 26.2 Å². The van der Waals surface area contributed by atoms with Crippen LogP contribution in [0.15, 0.2) is 21.3 Å². The summed E-state index contributed by atoms with van der Waals surface area (Å²) in [7, 11) is 0. The van der Waals surface area contributed by atoms with E-state index in [1.54, 1.807) is 0 Å². The molecule has 68 valence electrons. The first kappa shape index (κ1) is 7.93. The monoisotopic (exact) mass is 200 g/mol. The highest BCUT2D eigenvalue weighted by atomic mass is 35.5. The predicted octanol–water partition coefficient (Wildman–Crippen LogP) is 1.64. The second kappa shape index (κ2) is 2.98. The van der Waals surface area contributed by atoms with Gasteiger partial charge in [0.2, 0.25) is 5.22 Å². The zero-order valence-corrected chi connectivity index (χ0v) is 7.08. The molecule has 3 N–H and O–H groups in total. The topological polar surface area (TPSA) is 90.1 Å². The van der Waals surface area contributed by atoms with Crippen molar-refractivity contribution in [2.75, 3.05) is 11.1 Å². The Morgan fingerprint density at radius 3 is 2.92 bits per heavy atom. The van der Waals surface area contributed by atoms with Gasteiger partial charge in [-0.1, -0.05) is 0 Å². The Balaban J connectivity index is 2.23. The molecule has 0 aliphatic heterocycles. The molecule has 0 atom stereocenters. The van der Waals surface area contributed by atoms with Crippen LogP contribution in [0.3, 0.4) is 0 Å². The molecule has 0 spiro atoms. The number of oxazole rings is 2. The summed E-state index contributed by atoms with van der Waals surface area (Å²) in [5.41, 5.74) is 5.26. The molecule has 0 aliphatic carbocycles. The van der Waals surface area contributed by atoms with Crippen molar-refractivity contribution in [3.05, 3.63) is 17.7 Å². The number of nitrogens with one attached hydrogen (secondary N) is 1. The van der Waals surface area contributed by atoms with Gasteiger partial charge in [-0.25, -0.2) is 4.98 Å². The molecular weight excluding hydrogens is 196 g/mol. The van der Waals surface area contributed by atoms with Gasteiger partial charge in [0, 0.05) is 0 Å². The molecule has 2 aromatic rings. The third-order valence-electron chi connectivity index (χ3n) is 1.26. The van der Waals surface area contributed by atoms with E-state index in [9.17, 15) is 0 Å². The van der Waals surface area contributed by atoms with Crippen molar-refractivity contribution in [1.29, 1.82) is 0 Å². The lowest BCUT2D eigenvalue weighted by atomic mass is 10.7. The predicted molar refractivity (Wildman–Crippen MR) is 45.7 cm³/mol. The first-order valence-electron chi connectivity index (χ1n) is 3.34. The summed E-state index contributed by atoms with van der Waals surface area (Å²) in [5.74, 6) is 0.279. The van der Waals surface area contributed by atoms with Crippen molar-refractivity contribution in [3.63, 3.8) is 0 Å². The molecule has 13 heavy (non-hydrogen) atoms. The Kier molecular flexibility index (Phi) is 1.82. The van der Waals surface area contributed by atoms with Gasteiger partial charge in [-0.3, -0.25) is 5.32 Å². The van der Waals surface area contributed by atoms with Gasteiger partial charge in [-0.2, -0.15) is 4.98 Å². The molecule has 0 fully saturated rings. The second-order valence-corrected chi connectivity index (χ2v) is 2.48. The fourth-order valence-corrected chi connectivity index (χ4v) is 0.949. The molecule has 6 nitrogen and oxygen atoms in total.